The van der Waals surface area contributed by atoms with Crippen LogP contribution in [-0.4, -0.2) is 132 Å². The molecule has 0 fully saturated rings. The van der Waals surface area contributed by atoms with Gasteiger partial charge >= 0.3 is 0 Å². The highest BCUT2D eigenvalue weighted by molar-refractivity contribution is 6.74. The summed E-state index contributed by atoms with van der Waals surface area (Å²) in [6, 6.07) is 0. The van der Waals surface area contributed by atoms with Gasteiger partial charge in [0.05, 0.1) is 13.2 Å². The van der Waals surface area contributed by atoms with Crippen molar-refractivity contribution < 1.29 is 59.2 Å². The molecule has 0 bridgehead atoms. The monoisotopic (exact) mass is 588 g/mol. The number of ether oxygens (including phenoxy) is 1. The molecular formula is C24H52O12Si2. The second kappa shape index (κ2) is 14.5. The van der Waals surface area contributed by atoms with Crippen LogP contribution < -0.4 is 0 Å². The second-order valence-corrected chi connectivity index (χ2v) is 22.5. The van der Waals surface area contributed by atoms with Crippen molar-refractivity contribution >= 4 is 22.9 Å². The Balaban J connectivity index is 5.49. The molecule has 0 aromatic heterocycles. The number of aliphatic hydroxyl groups excluding tert-OH is 8. The molecular weight excluding hydrogens is 536 g/mol. The van der Waals surface area contributed by atoms with E-state index in [-0.39, 0.29) is 29.6 Å². The van der Waals surface area contributed by atoms with E-state index in [0.29, 0.717) is 0 Å². The fraction of sp³-hybridized carbons (Fsp3) is 0.958. The molecule has 0 radical (unpaired) electrons. The fourth-order valence-electron chi connectivity index (χ4n) is 2.73. The van der Waals surface area contributed by atoms with Crippen molar-refractivity contribution in [3.63, 3.8) is 0 Å². The molecule has 0 aliphatic carbocycles. The van der Waals surface area contributed by atoms with Crippen LogP contribution in [0.4, 0.5) is 0 Å². The average molecular weight is 589 g/mol. The molecule has 9 atom stereocenters. The van der Waals surface area contributed by atoms with Gasteiger partial charge in [-0.3, -0.25) is 0 Å². The molecule has 8 N–H and O–H groups in total. The van der Waals surface area contributed by atoms with Crippen LogP contribution in [-0.2, 0) is 18.4 Å². The summed E-state index contributed by atoms with van der Waals surface area (Å²) < 4.78 is 16.9. The minimum Gasteiger partial charge on any atom is -0.414 e. The molecule has 0 spiro atoms. The molecule has 0 aromatic rings. The summed E-state index contributed by atoms with van der Waals surface area (Å²) in [5.74, 6) is 0. The number of carbonyl (C=O) groups excluding carboxylic acids is 1. The Kier molecular flexibility index (Phi) is 14.4. The number of hydrogen-bond donors (Lipinski definition) is 8. The van der Waals surface area contributed by atoms with Crippen molar-refractivity contribution in [2.45, 2.75) is 133 Å². The van der Waals surface area contributed by atoms with Gasteiger partial charge in [0.15, 0.2) is 29.2 Å². The maximum absolute atomic E-state index is 11.0. The van der Waals surface area contributed by atoms with Gasteiger partial charge in [0.2, 0.25) is 0 Å². The number of rotatable bonds is 16. The topological polar surface area (TPSA) is 207 Å². The molecule has 0 saturated carbocycles. The van der Waals surface area contributed by atoms with Gasteiger partial charge in [-0.2, -0.15) is 0 Å². The Morgan fingerprint density at radius 1 is 0.632 bits per heavy atom. The third kappa shape index (κ3) is 10.6. The van der Waals surface area contributed by atoms with Crippen LogP contribution in [0.25, 0.3) is 0 Å². The fourth-order valence-corrected chi connectivity index (χ4v) is 4.77. The molecule has 0 aliphatic heterocycles. The van der Waals surface area contributed by atoms with Gasteiger partial charge in [0.25, 0.3) is 0 Å². The lowest BCUT2D eigenvalue weighted by molar-refractivity contribution is -0.259. The third-order valence-electron chi connectivity index (χ3n) is 7.73. The number of carbonyl (C=O) groups is 1. The summed E-state index contributed by atoms with van der Waals surface area (Å²) in [5, 5.41) is 82.2. The highest BCUT2D eigenvalue weighted by Crippen LogP contribution is 2.37. The van der Waals surface area contributed by atoms with E-state index < -0.39 is 71.8 Å². The molecule has 0 heterocycles. The van der Waals surface area contributed by atoms with Crippen molar-refractivity contribution in [3.05, 3.63) is 0 Å². The molecule has 0 aromatic carbocycles. The number of aldehydes is 1. The molecule has 228 valence electrons. The zero-order valence-electron chi connectivity index (χ0n) is 24.4. The summed E-state index contributed by atoms with van der Waals surface area (Å²) in [4.78, 5) is 11.0. The predicted molar refractivity (Wildman–Crippen MR) is 145 cm³/mol. The van der Waals surface area contributed by atoms with E-state index >= 15 is 0 Å². The van der Waals surface area contributed by atoms with Crippen LogP contribution in [0.2, 0.25) is 36.3 Å². The highest BCUT2D eigenvalue weighted by atomic mass is 28.4. The average Bonchev–Trinajstić information content (AvgIpc) is 2.80. The molecule has 0 rings (SSSR count). The molecule has 0 aliphatic rings. The molecule has 0 amide bonds. The molecule has 12 nitrogen and oxygen atoms in total. The standard InChI is InChI=1S/C24H52O12Si2/c1-23(2,3)37(7,8)34-12-15(27)17(29)19(31)20(32)22(33)36-21(18(30)14(26)11-25)16(28)13-35-38(9,10)24(4,5)6/h11,14-22,26-33H,12-13H2,1-10H3. The van der Waals surface area contributed by atoms with Gasteiger partial charge in [-0.1, -0.05) is 41.5 Å². The van der Waals surface area contributed by atoms with Crippen molar-refractivity contribution in [1.29, 1.82) is 0 Å². The van der Waals surface area contributed by atoms with Gasteiger partial charge in [-0.05, 0) is 36.3 Å². The molecule has 9 unspecified atom stereocenters. The van der Waals surface area contributed by atoms with Crippen molar-refractivity contribution in [2.24, 2.45) is 0 Å². The Labute approximate surface area is 228 Å². The van der Waals surface area contributed by atoms with E-state index in [1.54, 1.807) is 0 Å². The summed E-state index contributed by atoms with van der Waals surface area (Å²) in [5.41, 5.74) is 0. The van der Waals surface area contributed by atoms with Gasteiger partial charge in [0, 0.05) is 0 Å². The lowest BCUT2D eigenvalue weighted by atomic mass is 10.0. The highest BCUT2D eigenvalue weighted by Gasteiger charge is 2.43. The maximum atomic E-state index is 11.0. The van der Waals surface area contributed by atoms with Gasteiger partial charge in [-0.25, -0.2) is 0 Å². The first-order chi connectivity index (χ1) is 16.9. The van der Waals surface area contributed by atoms with Gasteiger partial charge in [-0.15, -0.1) is 0 Å². The first-order valence-electron chi connectivity index (χ1n) is 12.7. The summed E-state index contributed by atoms with van der Waals surface area (Å²) in [7, 11) is -4.67. The normalized spacial score (nSPS) is 21.1. The Morgan fingerprint density at radius 3 is 1.39 bits per heavy atom. The van der Waals surface area contributed by atoms with Crippen LogP contribution >= 0.6 is 0 Å². The number of aliphatic hydroxyl groups is 8. The zero-order chi connectivity index (χ0) is 30.4. The van der Waals surface area contributed by atoms with Gasteiger partial charge in [0.1, 0.15) is 48.8 Å². The van der Waals surface area contributed by atoms with Crippen molar-refractivity contribution in [1.82, 2.24) is 0 Å². The molecule has 0 saturated heterocycles. The first-order valence-corrected chi connectivity index (χ1v) is 18.6. The zero-order valence-corrected chi connectivity index (χ0v) is 26.4. The first kappa shape index (κ1) is 37.7. The Morgan fingerprint density at radius 2 is 1.03 bits per heavy atom. The van der Waals surface area contributed by atoms with Crippen molar-refractivity contribution in [2.75, 3.05) is 13.2 Å². The van der Waals surface area contributed by atoms with E-state index in [0.717, 1.165) is 0 Å². The van der Waals surface area contributed by atoms with Crippen LogP contribution in [0, 0.1) is 0 Å². The predicted octanol–water partition coefficient (Wildman–Crippen LogP) is -0.541. The van der Waals surface area contributed by atoms with E-state index in [1.165, 1.54) is 0 Å². The van der Waals surface area contributed by atoms with Gasteiger partial charge < -0.3 is 59.2 Å². The minimum absolute atomic E-state index is 0.00259. The lowest BCUT2D eigenvalue weighted by Crippen LogP contribution is -2.56. The summed E-state index contributed by atoms with van der Waals surface area (Å²) in [6.07, 6.45) is -17.8. The summed E-state index contributed by atoms with van der Waals surface area (Å²) in [6.45, 7) is 18.8. The molecule has 38 heavy (non-hydrogen) atoms. The minimum atomic E-state index is -2.38. The third-order valence-corrected chi connectivity index (χ3v) is 16.7. The SMILES string of the molecule is CC(C)(C)[Si](C)(C)OCC(O)C(O)C(O)C(O)C(O)OC(C(O)CO[Si](C)(C)C(C)(C)C)C(O)C(O)C=O. The van der Waals surface area contributed by atoms with Crippen molar-refractivity contribution in [3.8, 4) is 0 Å². The summed E-state index contributed by atoms with van der Waals surface area (Å²) >= 11 is 0. The van der Waals surface area contributed by atoms with Crippen LogP contribution in [0.1, 0.15) is 41.5 Å². The van der Waals surface area contributed by atoms with E-state index in [4.69, 9.17) is 13.6 Å². The molecule has 14 heteroatoms. The van der Waals surface area contributed by atoms with Crippen LogP contribution in [0.3, 0.4) is 0 Å². The number of hydrogen-bond acceptors (Lipinski definition) is 12. The largest absolute Gasteiger partial charge is 0.414 e. The Bertz CT molecular complexity index is 709. The second-order valence-electron chi connectivity index (χ2n) is 12.9. The van der Waals surface area contributed by atoms with E-state index in [9.17, 15) is 45.6 Å². The van der Waals surface area contributed by atoms with E-state index in [1.807, 2.05) is 67.7 Å². The van der Waals surface area contributed by atoms with E-state index in [2.05, 4.69) is 0 Å². The maximum Gasteiger partial charge on any atom is 0.192 e. The smallest absolute Gasteiger partial charge is 0.192 e. The van der Waals surface area contributed by atoms with Crippen LogP contribution in [0.5, 0.6) is 0 Å². The quantitative estimate of drug-likeness (QED) is 0.0650. The Hall–Kier alpha value is -0.336. The van der Waals surface area contributed by atoms with Crippen LogP contribution in [0.15, 0.2) is 0 Å². The lowest BCUT2D eigenvalue weighted by Gasteiger charge is -2.39.